The number of carbonyl (C=O) groups is 2. The van der Waals surface area contributed by atoms with E-state index in [1.165, 1.54) is 0 Å². The van der Waals surface area contributed by atoms with Crippen LogP contribution in [0.5, 0.6) is 0 Å². The van der Waals surface area contributed by atoms with Crippen LogP contribution >= 0.6 is 0 Å². The number of nitrogen functional groups attached to an aromatic ring is 1. The van der Waals surface area contributed by atoms with Gasteiger partial charge in [0, 0.05) is 18.8 Å². The lowest BCUT2D eigenvalue weighted by Gasteiger charge is -2.07. The molecule has 19 heavy (non-hydrogen) atoms. The molecule has 6 nitrogen and oxygen atoms in total. The van der Waals surface area contributed by atoms with Gasteiger partial charge in [-0.25, -0.2) is 4.79 Å². The van der Waals surface area contributed by atoms with Crippen LogP contribution in [-0.2, 0) is 16.1 Å². The van der Waals surface area contributed by atoms with Crippen LogP contribution in [0.4, 0.5) is 5.69 Å². The topological polar surface area (TPSA) is 86.3 Å². The highest BCUT2D eigenvalue weighted by Crippen LogP contribution is 2.18. The number of hydrogen-bond acceptors (Lipinski definition) is 4. The van der Waals surface area contributed by atoms with Gasteiger partial charge in [0.2, 0.25) is 5.91 Å². The number of aryl methyl sites for hydroxylation is 1. The van der Waals surface area contributed by atoms with E-state index >= 15 is 0 Å². The van der Waals surface area contributed by atoms with Crippen molar-refractivity contribution in [1.82, 2.24) is 9.88 Å². The van der Waals surface area contributed by atoms with Gasteiger partial charge in [0.25, 0.3) is 0 Å². The average Bonchev–Trinajstić information content (AvgIpc) is 3.09. The smallest absolute Gasteiger partial charge is 0.355 e. The average molecular weight is 265 g/mol. The Hall–Kier alpha value is -1.98. The highest BCUT2D eigenvalue weighted by atomic mass is 16.5. The van der Waals surface area contributed by atoms with Crippen LogP contribution < -0.4 is 11.1 Å². The number of hydrogen-bond donors (Lipinski definition) is 2. The lowest BCUT2D eigenvalue weighted by atomic mass is 10.4. The number of amides is 1. The second-order valence-corrected chi connectivity index (χ2v) is 4.67. The molecule has 0 atom stereocenters. The molecule has 0 radical (unpaired) electrons. The van der Waals surface area contributed by atoms with Crippen LogP contribution in [0.2, 0.25) is 0 Å². The predicted octanol–water partition coefficient (Wildman–Crippen LogP) is 0.916. The van der Waals surface area contributed by atoms with Crippen molar-refractivity contribution in [3.63, 3.8) is 0 Å². The standard InChI is InChI=1S/C13H19N3O3/c1-2-16-8-9(14)7-11(16)13(18)19-6-5-12(17)15-10-3-4-10/h7-8,10H,2-6,14H2,1H3,(H,15,17). The largest absolute Gasteiger partial charge is 0.460 e. The van der Waals surface area contributed by atoms with Gasteiger partial charge < -0.3 is 20.4 Å². The number of rotatable bonds is 6. The van der Waals surface area contributed by atoms with E-state index in [2.05, 4.69) is 5.32 Å². The molecule has 0 bridgehead atoms. The third kappa shape index (κ3) is 3.74. The van der Waals surface area contributed by atoms with E-state index in [1.807, 2.05) is 6.92 Å². The van der Waals surface area contributed by atoms with E-state index < -0.39 is 5.97 Å². The van der Waals surface area contributed by atoms with E-state index in [-0.39, 0.29) is 18.9 Å². The van der Waals surface area contributed by atoms with Gasteiger partial charge in [0.05, 0.1) is 12.1 Å². The van der Waals surface area contributed by atoms with Gasteiger partial charge in [0.1, 0.15) is 12.3 Å². The molecular weight excluding hydrogens is 246 g/mol. The first kappa shape index (κ1) is 13.5. The van der Waals surface area contributed by atoms with Gasteiger partial charge in [-0.2, -0.15) is 0 Å². The van der Waals surface area contributed by atoms with Crippen molar-refractivity contribution in [3.05, 3.63) is 18.0 Å². The third-order valence-electron chi connectivity index (χ3n) is 2.97. The Morgan fingerprint density at radius 1 is 1.53 bits per heavy atom. The Bertz CT molecular complexity index is 477. The highest BCUT2D eigenvalue weighted by molar-refractivity contribution is 5.89. The second-order valence-electron chi connectivity index (χ2n) is 4.67. The Morgan fingerprint density at radius 2 is 2.26 bits per heavy atom. The number of carbonyl (C=O) groups excluding carboxylic acids is 2. The minimum atomic E-state index is -0.447. The van der Waals surface area contributed by atoms with Crippen molar-refractivity contribution in [2.24, 2.45) is 0 Å². The fourth-order valence-corrected chi connectivity index (χ4v) is 1.80. The van der Waals surface area contributed by atoms with Crippen molar-refractivity contribution in [2.75, 3.05) is 12.3 Å². The molecule has 1 amide bonds. The zero-order valence-electron chi connectivity index (χ0n) is 11.0. The first-order valence-electron chi connectivity index (χ1n) is 6.52. The third-order valence-corrected chi connectivity index (χ3v) is 2.97. The zero-order valence-corrected chi connectivity index (χ0v) is 11.0. The molecule has 1 aromatic heterocycles. The normalized spacial score (nSPS) is 14.2. The molecule has 0 unspecified atom stereocenters. The van der Waals surface area contributed by atoms with Crippen molar-refractivity contribution >= 4 is 17.6 Å². The monoisotopic (exact) mass is 265 g/mol. The first-order valence-corrected chi connectivity index (χ1v) is 6.52. The number of nitrogens with zero attached hydrogens (tertiary/aromatic N) is 1. The Balaban J connectivity index is 1.78. The van der Waals surface area contributed by atoms with Gasteiger partial charge in [-0.15, -0.1) is 0 Å². The lowest BCUT2D eigenvalue weighted by molar-refractivity contribution is -0.121. The molecule has 1 saturated carbocycles. The molecular formula is C13H19N3O3. The van der Waals surface area contributed by atoms with Crippen molar-refractivity contribution in [2.45, 2.75) is 38.8 Å². The lowest BCUT2D eigenvalue weighted by Crippen LogP contribution is -2.26. The summed E-state index contributed by atoms with van der Waals surface area (Å²) in [5, 5.41) is 2.84. The molecule has 0 saturated heterocycles. The number of aromatic nitrogens is 1. The van der Waals surface area contributed by atoms with E-state index in [1.54, 1.807) is 16.8 Å². The number of nitrogens with two attached hydrogens (primary N) is 1. The molecule has 6 heteroatoms. The van der Waals surface area contributed by atoms with Gasteiger partial charge in [-0.3, -0.25) is 4.79 Å². The molecule has 2 rings (SSSR count). The maximum absolute atomic E-state index is 11.8. The number of ether oxygens (including phenoxy) is 1. The highest BCUT2D eigenvalue weighted by Gasteiger charge is 2.23. The van der Waals surface area contributed by atoms with E-state index in [9.17, 15) is 9.59 Å². The molecule has 1 heterocycles. The number of nitrogens with one attached hydrogen (secondary N) is 1. The minimum absolute atomic E-state index is 0.0688. The Morgan fingerprint density at radius 3 is 2.89 bits per heavy atom. The van der Waals surface area contributed by atoms with Gasteiger partial charge >= 0.3 is 5.97 Å². The Kier molecular flexibility index (Phi) is 4.09. The Labute approximate surface area is 111 Å². The molecule has 0 spiro atoms. The SMILES string of the molecule is CCn1cc(N)cc1C(=O)OCCC(=O)NC1CC1. The van der Waals surface area contributed by atoms with Crippen molar-refractivity contribution in [1.29, 1.82) is 0 Å². The van der Waals surface area contributed by atoms with Gasteiger partial charge in [-0.1, -0.05) is 0 Å². The summed E-state index contributed by atoms with van der Waals surface area (Å²) in [5.74, 6) is -0.515. The fourth-order valence-electron chi connectivity index (χ4n) is 1.80. The van der Waals surface area contributed by atoms with Crippen LogP contribution in [0.25, 0.3) is 0 Å². The summed E-state index contributed by atoms with van der Waals surface area (Å²) in [6.07, 6.45) is 3.99. The van der Waals surface area contributed by atoms with Crippen molar-refractivity contribution in [3.8, 4) is 0 Å². The van der Waals surface area contributed by atoms with Crippen LogP contribution in [0.15, 0.2) is 12.3 Å². The summed E-state index contributed by atoms with van der Waals surface area (Å²) >= 11 is 0. The van der Waals surface area contributed by atoms with E-state index in [0.29, 0.717) is 24.0 Å². The van der Waals surface area contributed by atoms with Crippen molar-refractivity contribution < 1.29 is 14.3 Å². The summed E-state index contributed by atoms with van der Waals surface area (Å²) in [6, 6.07) is 1.91. The minimum Gasteiger partial charge on any atom is -0.460 e. The molecule has 0 aliphatic heterocycles. The van der Waals surface area contributed by atoms with E-state index in [0.717, 1.165) is 12.8 Å². The number of esters is 1. The molecule has 3 N–H and O–H groups in total. The summed E-state index contributed by atoms with van der Waals surface area (Å²) in [6.45, 7) is 2.65. The molecule has 0 aromatic carbocycles. The van der Waals surface area contributed by atoms with Gasteiger partial charge in [0.15, 0.2) is 0 Å². The summed E-state index contributed by atoms with van der Waals surface area (Å²) in [4.78, 5) is 23.2. The number of anilines is 1. The maximum Gasteiger partial charge on any atom is 0.355 e. The fraction of sp³-hybridized carbons (Fsp3) is 0.538. The zero-order chi connectivity index (χ0) is 13.8. The molecule has 1 aliphatic rings. The second kappa shape index (κ2) is 5.77. The van der Waals surface area contributed by atoms with E-state index in [4.69, 9.17) is 10.5 Å². The summed E-state index contributed by atoms with van der Waals surface area (Å²) in [7, 11) is 0. The van der Waals surface area contributed by atoms with Crippen LogP contribution in [0.1, 0.15) is 36.7 Å². The maximum atomic E-state index is 11.8. The molecule has 104 valence electrons. The molecule has 1 aliphatic carbocycles. The summed E-state index contributed by atoms with van der Waals surface area (Å²) in [5.41, 5.74) is 6.59. The quantitative estimate of drug-likeness (QED) is 0.749. The molecule has 1 fully saturated rings. The van der Waals surface area contributed by atoms with Gasteiger partial charge in [-0.05, 0) is 25.8 Å². The van der Waals surface area contributed by atoms with Crippen LogP contribution in [-0.4, -0.2) is 29.1 Å². The van der Waals surface area contributed by atoms with Crippen LogP contribution in [0, 0.1) is 0 Å². The molecule has 1 aromatic rings. The predicted molar refractivity (Wildman–Crippen MR) is 70.6 cm³/mol. The summed E-state index contributed by atoms with van der Waals surface area (Å²) < 4.78 is 6.80. The first-order chi connectivity index (χ1) is 9.10. The van der Waals surface area contributed by atoms with Crippen LogP contribution in [0.3, 0.4) is 0 Å².